The number of nitrogens with one attached hydrogen (secondary N) is 1. The van der Waals surface area contributed by atoms with Gasteiger partial charge in [0.05, 0.1) is 0 Å². The minimum atomic E-state index is -0.839. The maximum absolute atomic E-state index is 11.4. The Labute approximate surface area is 96.4 Å². The lowest BCUT2D eigenvalue weighted by molar-refractivity contribution is -0.137. The first kappa shape index (κ1) is 13.0. The number of carboxylic acids is 1. The molecule has 0 aromatic rings. The SMILES string of the molecule is CC(C)C1(CNC(=O)CCCC(=O)O)CC1. The second-order valence-corrected chi connectivity index (χ2v) is 5.04. The van der Waals surface area contributed by atoms with Crippen LogP contribution in [0.5, 0.6) is 0 Å². The molecule has 0 aromatic heterocycles. The first-order valence-electron chi connectivity index (χ1n) is 5.95. The maximum atomic E-state index is 11.4. The van der Waals surface area contributed by atoms with E-state index in [0.717, 1.165) is 6.54 Å². The lowest BCUT2D eigenvalue weighted by Crippen LogP contribution is -2.32. The van der Waals surface area contributed by atoms with Crippen LogP contribution in [0.3, 0.4) is 0 Å². The van der Waals surface area contributed by atoms with Gasteiger partial charge in [-0.25, -0.2) is 0 Å². The van der Waals surface area contributed by atoms with E-state index in [0.29, 0.717) is 24.2 Å². The van der Waals surface area contributed by atoms with Crippen LogP contribution in [-0.2, 0) is 9.59 Å². The van der Waals surface area contributed by atoms with Crippen molar-refractivity contribution in [1.29, 1.82) is 0 Å². The fraction of sp³-hybridized carbons (Fsp3) is 0.833. The molecule has 4 nitrogen and oxygen atoms in total. The molecule has 0 aliphatic heterocycles. The molecule has 92 valence electrons. The first-order valence-corrected chi connectivity index (χ1v) is 5.95. The van der Waals surface area contributed by atoms with Gasteiger partial charge in [-0.05, 0) is 30.6 Å². The van der Waals surface area contributed by atoms with Crippen molar-refractivity contribution in [3.63, 3.8) is 0 Å². The van der Waals surface area contributed by atoms with Crippen LogP contribution in [0, 0.1) is 11.3 Å². The molecule has 1 saturated carbocycles. The highest BCUT2D eigenvalue weighted by Crippen LogP contribution is 2.51. The molecule has 1 aliphatic carbocycles. The van der Waals surface area contributed by atoms with Crippen molar-refractivity contribution in [3.8, 4) is 0 Å². The fourth-order valence-electron chi connectivity index (χ4n) is 1.88. The summed E-state index contributed by atoms with van der Waals surface area (Å²) in [6.07, 6.45) is 3.21. The van der Waals surface area contributed by atoms with Gasteiger partial charge in [0.25, 0.3) is 0 Å². The van der Waals surface area contributed by atoms with E-state index >= 15 is 0 Å². The summed E-state index contributed by atoms with van der Waals surface area (Å²) in [7, 11) is 0. The van der Waals surface area contributed by atoms with E-state index in [-0.39, 0.29) is 12.3 Å². The summed E-state index contributed by atoms with van der Waals surface area (Å²) in [6, 6.07) is 0. The Bertz CT molecular complexity index is 269. The van der Waals surface area contributed by atoms with Gasteiger partial charge in [0.1, 0.15) is 0 Å². The molecular weight excluding hydrogens is 206 g/mol. The van der Waals surface area contributed by atoms with E-state index < -0.39 is 5.97 Å². The number of amides is 1. The van der Waals surface area contributed by atoms with Crippen LogP contribution in [0.2, 0.25) is 0 Å². The Balaban J connectivity index is 2.13. The van der Waals surface area contributed by atoms with Crippen LogP contribution in [0.1, 0.15) is 46.0 Å². The molecule has 4 heteroatoms. The smallest absolute Gasteiger partial charge is 0.303 e. The quantitative estimate of drug-likeness (QED) is 0.697. The lowest BCUT2D eigenvalue weighted by atomic mass is 9.92. The molecule has 16 heavy (non-hydrogen) atoms. The summed E-state index contributed by atoms with van der Waals surface area (Å²) in [4.78, 5) is 21.7. The number of carbonyl (C=O) groups is 2. The van der Waals surface area contributed by atoms with Gasteiger partial charge in [-0.2, -0.15) is 0 Å². The number of carboxylic acid groups (broad SMARTS) is 1. The molecule has 0 atom stereocenters. The normalized spacial score (nSPS) is 17.2. The number of carbonyl (C=O) groups excluding carboxylic acids is 1. The number of rotatable bonds is 7. The van der Waals surface area contributed by atoms with Crippen molar-refractivity contribution < 1.29 is 14.7 Å². The van der Waals surface area contributed by atoms with Crippen molar-refractivity contribution >= 4 is 11.9 Å². The van der Waals surface area contributed by atoms with Crippen molar-refractivity contribution in [2.45, 2.75) is 46.0 Å². The van der Waals surface area contributed by atoms with Gasteiger partial charge in [0.2, 0.25) is 5.91 Å². The molecule has 0 bridgehead atoms. The Morgan fingerprint density at radius 2 is 1.94 bits per heavy atom. The molecule has 0 heterocycles. The zero-order chi connectivity index (χ0) is 12.2. The van der Waals surface area contributed by atoms with Crippen LogP contribution in [0.4, 0.5) is 0 Å². The summed E-state index contributed by atoms with van der Waals surface area (Å²) in [5, 5.41) is 11.3. The number of aliphatic carboxylic acids is 1. The third-order valence-corrected chi connectivity index (χ3v) is 3.55. The second-order valence-electron chi connectivity index (χ2n) is 5.04. The van der Waals surface area contributed by atoms with Crippen LogP contribution >= 0.6 is 0 Å². The largest absolute Gasteiger partial charge is 0.481 e. The van der Waals surface area contributed by atoms with Crippen molar-refractivity contribution in [2.24, 2.45) is 11.3 Å². The predicted molar refractivity (Wildman–Crippen MR) is 61.0 cm³/mol. The Morgan fingerprint density at radius 1 is 1.31 bits per heavy atom. The molecule has 0 spiro atoms. The molecule has 0 saturated heterocycles. The van der Waals surface area contributed by atoms with Crippen LogP contribution < -0.4 is 5.32 Å². The summed E-state index contributed by atoms with van der Waals surface area (Å²) in [5.74, 6) is -0.256. The number of hydrogen-bond donors (Lipinski definition) is 2. The summed E-state index contributed by atoms with van der Waals surface area (Å²) in [5.41, 5.74) is 0.322. The van der Waals surface area contributed by atoms with Crippen molar-refractivity contribution in [2.75, 3.05) is 6.54 Å². The Morgan fingerprint density at radius 3 is 2.38 bits per heavy atom. The monoisotopic (exact) mass is 227 g/mol. The molecule has 0 unspecified atom stereocenters. The van der Waals surface area contributed by atoms with E-state index in [1.165, 1.54) is 12.8 Å². The highest BCUT2D eigenvalue weighted by atomic mass is 16.4. The summed E-state index contributed by atoms with van der Waals surface area (Å²) >= 11 is 0. The van der Waals surface area contributed by atoms with Gasteiger partial charge in [-0.3, -0.25) is 9.59 Å². The zero-order valence-electron chi connectivity index (χ0n) is 10.1. The summed E-state index contributed by atoms with van der Waals surface area (Å²) < 4.78 is 0. The van der Waals surface area contributed by atoms with E-state index in [1.54, 1.807) is 0 Å². The third-order valence-electron chi connectivity index (χ3n) is 3.55. The van der Waals surface area contributed by atoms with Crippen LogP contribution in [-0.4, -0.2) is 23.5 Å². The van der Waals surface area contributed by atoms with Gasteiger partial charge < -0.3 is 10.4 Å². The highest BCUT2D eigenvalue weighted by molar-refractivity contribution is 5.76. The topological polar surface area (TPSA) is 66.4 Å². The van der Waals surface area contributed by atoms with E-state index in [9.17, 15) is 9.59 Å². The third kappa shape index (κ3) is 3.83. The van der Waals surface area contributed by atoms with Gasteiger partial charge >= 0.3 is 5.97 Å². The molecule has 1 fully saturated rings. The standard InChI is InChI=1S/C12H21NO3/c1-9(2)12(6-7-12)8-13-10(14)4-3-5-11(15)16/h9H,3-8H2,1-2H3,(H,13,14)(H,15,16). The van der Waals surface area contributed by atoms with E-state index in [2.05, 4.69) is 19.2 Å². The number of hydrogen-bond acceptors (Lipinski definition) is 2. The van der Waals surface area contributed by atoms with Crippen LogP contribution in [0.25, 0.3) is 0 Å². The molecule has 0 radical (unpaired) electrons. The average Bonchev–Trinajstić information content (AvgIpc) is 2.95. The van der Waals surface area contributed by atoms with E-state index in [1.807, 2.05) is 0 Å². The van der Waals surface area contributed by atoms with Crippen molar-refractivity contribution in [1.82, 2.24) is 5.32 Å². The lowest BCUT2D eigenvalue weighted by Gasteiger charge is -2.19. The summed E-state index contributed by atoms with van der Waals surface area (Å²) in [6.45, 7) is 5.11. The van der Waals surface area contributed by atoms with Crippen molar-refractivity contribution in [3.05, 3.63) is 0 Å². The second kappa shape index (κ2) is 5.32. The molecule has 1 amide bonds. The predicted octanol–water partition coefficient (Wildman–Crippen LogP) is 1.79. The zero-order valence-corrected chi connectivity index (χ0v) is 10.1. The minimum Gasteiger partial charge on any atom is -0.481 e. The molecule has 1 aliphatic rings. The Hall–Kier alpha value is -1.06. The average molecular weight is 227 g/mol. The van der Waals surface area contributed by atoms with Gasteiger partial charge in [-0.1, -0.05) is 13.8 Å². The van der Waals surface area contributed by atoms with Gasteiger partial charge in [0.15, 0.2) is 0 Å². The van der Waals surface area contributed by atoms with Gasteiger partial charge in [0, 0.05) is 19.4 Å². The Kier molecular flexibility index (Phi) is 4.33. The van der Waals surface area contributed by atoms with Crippen LogP contribution in [0.15, 0.2) is 0 Å². The maximum Gasteiger partial charge on any atom is 0.303 e. The molecule has 1 rings (SSSR count). The molecule has 2 N–H and O–H groups in total. The molecule has 0 aromatic carbocycles. The fourth-order valence-corrected chi connectivity index (χ4v) is 1.88. The minimum absolute atomic E-state index is 0.0202. The molecular formula is C12H21NO3. The first-order chi connectivity index (χ1) is 7.46. The van der Waals surface area contributed by atoms with E-state index in [4.69, 9.17) is 5.11 Å². The highest BCUT2D eigenvalue weighted by Gasteiger charge is 2.45. The van der Waals surface area contributed by atoms with Gasteiger partial charge in [-0.15, -0.1) is 0 Å².